The standard InChI is InChI=1S/C28H27ClN6O3/c1-3-26(36)34(4-2)24-17-31-28(35(27(24)37)18-19-8-10-20(29)11-9-19)33-21-12-14-23(15-13-21)38-25-7-5-6-22(16-30)32-25/h5-15,24H,3-4,17-18H2,1-2H3,(H,31,33). The molecule has 1 unspecified atom stereocenters. The maximum atomic E-state index is 13.7. The minimum Gasteiger partial charge on any atom is -0.439 e. The van der Waals surface area contributed by atoms with E-state index in [0.717, 1.165) is 5.56 Å². The molecule has 9 nitrogen and oxygen atoms in total. The molecule has 0 saturated carbocycles. The minimum atomic E-state index is -0.669. The predicted octanol–water partition coefficient (Wildman–Crippen LogP) is 4.84. The first-order valence-corrected chi connectivity index (χ1v) is 12.6. The number of hydrogen-bond acceptors (Lipinski definition) is 7. The SMILES string of the molecule is CCC(=O)N(CC)C1CN=C(Nc2ccc(Oc3cccc(C#N)n3)cc2)N(Cc2ccc(Cl)cc2)C1=O. The van der Waals surface area contributed by atoms with Gasteiger partial charge in [0.05, 0.1) is 13.1 Å². The molecule has 0 radical (unpaired) electrons. The molecule has 0 aliphatic carbocycles. The Morgan fingerprint density at radius 2 is 1.89 bits per heavy atom. The largest absolute Gasteiger partial charge is 0.439 e. The van der Waals surface area contributed by atoms with E-state index in [-0.39, 0.29) is 30.6 Å². The molecule has 2 aromatic carbocycles. The molecule has 0 bridgehead atoms. The van der Waals surface area contributed by atoms with Crippen molar-refractivity contribution in [1.29, 1.82) is 5.26 Å². The molecule has 2 amide bonds. The van der Waals surface area contributed by atoms with Crippen molar-refractivity contribution in [2.45, 2.75) is 32.9 Å². The van der Waals surface area contributed by atoms with Crippen LogP contribution in [-0.4, -0.2) is 51.7 Å². The number of guanidine groups is 1. The maximum absolute atomic E-state index is 13.7. The van der Waals surface area contributed by atoms with Gasteiger partial charge in [-0.2, -0.15) is 5.26 Å². The lowest BCUT2D eigenvalue weighted by Gasteiger charge is -2.37. The summed E-state index contributed by atoms with van der Waals surface area (Å²) in [5.41, 5.74) is 1.83. The van der Waals surface area contributed by atoms with E-state index in [1.807, 2.05) is 25.1 Å². The summed E-state index contributed by atoms with van der Waals surface area (Å²) in [7, 11) is 0. The molecular formula is C28H27ClN6O3. The first kappa shape index (κ1) is 26.6. The molecule has 194 valence electrons. The van der Waals surface area contributed by atoms with E-state index < -0.39 is 6.04 Å². The zero-order chi connectivity index (χ0) is 27.1. The summed E-state index contributed by atoms with van der Waals surface area (Å²) >= 11 is 6.04. The van der Waals surface area contributed by atoms with E-state index in [4.69, 9.17) is 21.6 Å². The van der Waals surface area contributed by atoms with Crippen LogP contribution in [0, 0.1) is 11.3 Å². The number of nitriles is 1. The zero-order valence-electron chi connectivity index (χ0n) is 21.1. The molecule has 0 saturated heterocycles. The van der Waals surface area contributed by atoms with E-state index in [1.165, 1.54) is 0 Å². The number of aromatic nitrogens is 1. The summed E-state index contributed by atoms with van der Waals surface area (Å²) in [6.07, 6.45) is 0.314. The van der Waals surface area contributed by atoms with Gasteiger partial charge in [-0.05, 0) is 55.0 Å². The van der Waals surface area contributed by atoms with Crippen molar-refractivity contribution in [1.82, 2.24) is 14.8 Å². The Bertz CT molecular complexity index is 1370. The summed E-state index contributed by atoms with van der Waals surface area (Å²) in [5.74, 6) is 0.945. The lowest BCUT2D eigenvalue weighted by Crippen LogP contribution is -2.57. The van der Waals surface area contributed by atoms with Gasteiger partial charge in [-0.3, -0.25) is 14.5 Å². The Morgan fingerprint density at radius 1 is 1.16 bits per heavy atom. The highest BCUT2D eigenvalue weighted by atomic mass is 35.5. The van der Waals surface area contributed by atoms with Gasteiger partial charge >= 0.3 is 0 Å². The predicted molar refractivity (Wildman–Crippen MR) is 145 cm³/mol. The van der Waals surface area contributed by atoms with Crippen molar-refractivity contribution in [2.24, 2.45) is 4.99 Å². The summed E-state index contributed by atoms with van der Waals surface area (Å²) < 4.78 is 5.75. The number of carbonyl (C=O) groups is 2. The number of nitrogens with zero attached hydrogens (tertiary/aromatic N) is 5. The highest BCUT2D eigenvalue weighted by molar-refractivity contribution is 6.30. The molecule has 4 rings (SSSR count). The van der Waals surface area contributed by atoms with Crippen molar-refractivity contribution in [3.05, 3.63) is 83.0 Å². The molecule has 1 atom stereocenters. The van der Waals surface area contributed by atoms with Gasteiger partial charge in [0.25, 0.3) is 5.91 Å². The quantitative estimate of drug-likeness (QED) is 0.446. The van der Waals surface area contributed by atoms with Gasteiger partial charge in [0.15, 0.2) is 0 Å². The monoisotopic (exact) mass is 530 g/mol. The third kappa shape index (κ3) is 6.28. The number of hydrogen-bond donors (Lipinski definition) is 1. The third-order valence-corrected chi connectivity index (χ3v) is 6.24. The van der Waals surface area contributed by atoms with Gasteiger partial charge in [-0.1, -0.05) is 36.7 Å². The molecule has 10 heteroatoms. The van der Waals surface area contributed by atoms with Crippen LogP contribution < -0.4 is 10.1 Å². The number of aliphatic imine (C=N–C) groups is 1. The highest BCUT2D eigenvalue weighted by Crippen LogP contribution is 2.23. The van der Waals surface area contributed by atoms with Gasteiger partial charge in [0.2, 0.25) is 17.7 Å². The highest BCUT2D eigenvalue weighted by Gasteiger charge is 2.37. The maximum Gasteiger partial charge on any atom is 0.254 e. The van der Waals surface area contributed by atoms with Crippen LogP contribution in [0.5, 0.6) is 11.6 Å². The van der Waals surface area contributed by atoms with Crippen molar-refractivity contribution in [3.63, 3.8) is 0 Å². The zero-order valence-corrected chi connectivity index (χ0v) is 21.9. The van der Waals surface area contributed by atoms with Crippen LogP contribution in [0.2, 0.25) is 5.02 Å². The molecule has 0 fully saturated rings. The van der Waals surface area contributed by atoms with Crippen LogP contribution in [0.4, 0.5) is 5.69 Å². The van der Waals surface area contributed by atoms with Crippen molar-refractivity contribution in [3.8, 4) is 17.7 Å². The van der Waals surface area contributed by atoms with E-state index >= 15 is 0 Å². The fourth-order valence-corrected chi connectivity index (χ4v) is 4.17. The molecule has 2 heterocycles. The first-order chi connectivity index (χ1) is 18.4. The lowest BCUT2D eigenvalue weighted by atomic mass is 10.1. The fraction of sp³-hybridized carbons (Fsp3) is 0.250. The second-order valence-electron chi connectivity index (χ2n) is 8.49. The number of pyridine rings is 1. The van der Waals surface area contributed by atoms with Crippen LogP contribution in [0.1, 0.15) is 31.5 Å². The number of nitrogens with one attached hydrogen (secondary N) is 1. The van der Waals surface area contributed by atoms with Crippen molar-refractivity contribution < 1.29 is 14.3 Å². The average Bonchev–Trinajstić information content (AvgIpc) is 2.94. The van der Waals surface area contributed by atoms with E-state index in [2.05, 4.69) is 15.3 Å². The van der Waals surface area contributed by atoms with Crippen LogP contribution in [0.3, 0.4) is 0 Å². The smallest absolute Gasteiger partial charge is 0.254 e. The van der Waals surface area contributed by atoms with Gasteiger partial charge in [-0.25, -0.2) is 9.98 Å². The lowest BCUT2D eigenvalue weighted by molar-refractivity contribution is -0.143. The Kier molecular flexibility index (Phi) is 8.56. The number of likely N-dealkylation sites (N-methyl/N-ethyl adjacent to an activating group) is 1. The Morgan fingerprint density at radius 3 is 2.55 bits per heavy atom. The second kappa shape index (κ2) is 12.2. The summed E-state index contributed by atoms with van der Waals surface area (Å²) in [6, 6.07) is 20.6. The molecule has 0 spiro atoms. The topological polar surface area (TPSA) is 111 Å². The number of anilines is 1. The van der Waals surface area contributed by atoms with Crippen molar-refractivity contribution in [2.75, 3.05) is 18.4 Å². The van der Waals surface area contributed by atoms with E-state index in [1.54, 1.807) is 71.3 Å². The normalized spacial score (nSPS) is 14.9. The number of amides is 2. The molecule has 1 aliphatic heterocycles. The first-order valence-electron chi connectivity index (χ1n) is 12.2. The van der Waals surface area contributed by atoms with Crippen LogP contribution in [-0.2, 0) is 16.1 Å². The molecular weight excluding hydrogens is 504 g/mol. The van der Waals surface area contributed by atoms with Crippen LogP contribution >= 0.6 is 11.6 Å². The van der Waals surface area contributed by atoms with E-state index in [9.17, 15) is 9.59 Å². The molecule has 38 heavy (non-hydrogen) atoms. The van der Waals surface area contributed by atoms with Crippen molar-refractivity contribution >= 4 is 35.1 Å². The fourth-order valence-electron chi connectivity index (χ4n) is 4.05. The summed E-state index contributed by atoms with van der Waals surface area (Å²) in [4.78, 5) is 38.1. The Balaban J connectivity index is 1.55. The molecule has 1 N–H and O–H groups in total. The second-order valence-corrected chi connectivity index (χ2v) is 8.92. The molecule has 3 aromatic rings. The Labute approximate surface area is 226 Å². The minimum absolute atomic E-state index is 0.0886. The third-order valence-electron chi connectivity index (χ3n) is 5.99. The van der Waals surface area contributed by atoms with Gasteiger partial charge in [0.1, 0.15) is 23.6 Å². The number of halogens is 1. The Hall–Kier alpha value is -4.42. The van der Waals surface area contributed by atoms with Gasteiger partial charge in [0, 0.05) is 29.7 Å². The number of benzene rings is 2. The average molecular weight is 531 g/mol. The number of carbonyl (C=O) groups excluding carboxylic acids is 2. The number of rotatable bonds is 8. The van der Waals surface area contributed by atoms with Gasteiger partial charge < -0.3 is 15.0 Å². The van der Waals surface area contributed by atoms with E-state index in [0.29, 0.717) is 41.3 Å². The molecule has 1 aromatic heterocycles. The summed E-state index contributed by atoms with van der Waals surface area (Å²) in [6.45, 7) is 4.49. The van der Waals surface area contributed by atoms with Gasteiger partial charge in [-0.15, -0.1) is 0 Å². The van der Waals surface area contributed by atoms with Crippen LogP contribution in [0.25, 0.3) is 0 Å². The number of ether oxygens (including phenoxy) is 1. The van der Waals surface area contributed by atoms with Crippen LogP contribution in [0.15, 0.2) is 71.7 Å². The summed E-state index contributed by atoms with van der Waals surface area (Å²) in [5, 5.41) is 12.9. The molecule has 1 aliphatic rings.